The highest BCUT2D eigenvalue weighted by molar-refractivity contribution is 5.82. The summed E-state index contributed by atoms with van der Waals surface area (Å²) in [6.45, 7) is 7.44. The van der Waals surface area contributed by atoms with E-state index in [1.165, 1.54) is 34.2 Å². The number of rotatable bonds is 4. The molecule has 0 saturated carbocycles. The zero-order valence-corrected chi connectivity index (χ0v) is 23.4. The van der Waals surface area contributed by atoms with E-state index < -0.39 is 5.60 Å². The summed E-state index contributed by atoms with van der Waals surface area (Å²) in [4.78, 5) is 31.0. The second-order valence-corrected chi connectivity index (χ2v) is 12.3. The van der Waals surface area contributed by atoms with Crippen LogP contribution in [0.5, 0.6) is 0 Å². The number of imidazole rings is 2. The molecule has 2 aromatic heterocycles. The van der Waals surface area contributed by atoms with E-state index in [-0.39, 0.29) is 12.1 Å². The van der Waals surface area contributed by atoms with E-state index in [9.17, 15) is 4.79 Å². The Kier molecular flexibility index (Phi) is 6.04. The van der Waals surface area contributed by atoms with Gasteiger partial charge in [-0.15, -0.1) is 0 Å². The van der Waals surface area contributed by atoms with Gasteiger partial charge < -0.3 is 20.0 Å². The summed E-state index contributed by atoms with van der Waals surface area (Å²) >= 11 is 0. The van der Waals surface area contributed by atoms with Crippen molar-refractivity contribution in [3.8, 4) is 33.6 Å². The summed E-state index contributed by atoms with van der Waals surface area (Å²) in [5.41, 5.74) is 9.04. The van der Waals surface area contributed by atoms with Crippen LogP contribution in [0.2, 0.25) is 0 Å². The largest absolute Gasteiger partial charge is 0.444 e. The van der Waals surface area contributed by atoms with Gasteiger partial charge >= 0.3 is 6.09 Å². The van der Waals surface area contributed by atoms with E-state index in [4.69, 9.17) is 9.72 Å². The Morgan fingerprint density at radius 3 is 2.17 bits per heavy atom. The van der Waals surface area contributed by atoms with Crippen LogP contribution >= 0.6 is 0 Å². The number of benzene rings is 2. The fourth-order valence-corrected chi connectivity index (χ4v) is 6.37. The molecular weight excluding hydrogens is 500 g/mol. The Balaban J connectivity index is 1.09. The number of ether oxygens (including phenoxy) is 1. The van der Waals surface area contributed by atoms with E-state index in [2.05, 4.69) is 56.7 Å². The predicted octanol–water partition coefficient (Wildman–Crippen LogP) is 6.53. The van der Waals surface area contributed by atoms with E-state index in [1.807, 2.05) is 33.2 Å². The molecule has 8 heteroatoms. The normalized spacial score (nSPS) is 20.1. The average molecular weight is 537 g/mol. The van der Waals surface area contributed by atoms with Gasteiger partial charge in [-0.3, -0.25) is 4.90 Å². The van der Waals surface area contributed by atoms with Crippen LogP contribution in [0, 0.1) is 0 Å². The fraction of sp³-hybridized carbons (Fsp3) is 0.406. The number of carbonyl (C=O) groups excluding carboxylic acids is 1. The van der Waals surface area contributed by atoms with Crippen LogP contribution in [0.3, 0.4) is 0 Å². The number of nitrogens with one attached hydrogen (secondary N) is 3. The molecule has 0 spiro atoms. The molecule has 7 rings (SSSR count). The lowest BCUT2D eigenvalue weighted by Gasteiger charge is -2.27. The van der Waals surface area contributed by atoms with Crippen molar-refractivity contribution in [2.24, 2.45) is 0 Å². The Morgan fingerprint density at radius 2 is 1.55 bits per heavy atom. The third-order valence-corrected chi connectivity index (χ3v) is 8.28. The van der Waals surface area contributed by atoms with Crippen LogP contribution in [-0.2, 0) is 11.2 Å². The molecule has 2 saturated heterocycles. The SMILES string of the molecule is CC(C)(C)OC(=O)N1CCC[C@H]1c1ncc(-c2ccc3c(c2)Cc2cc(-c4cnc([C@@H]5CCCN5)[nH]4)ccc2-3)[nH]1. The Labute approximate surface area is 234 Å². The van der Waals surface area contributed by atoms with Crippen LogP contribution < -0.4 is 5.32 Å². The topological polar surface area (TPSA) is 98.9 Å². The molecule has 0 radical (unpaired) electrons. The monoisotopic (exact) mass is 536 g/mol. The minimum Gasteiger partial charge on any atom is -0.444 e. The van der Waals surface area contributed by atoms with Crippen molar-refractivity contribution in [1.29, 1.82) is 0 Å². The molecule has 2 atom stereocenters. The Morgan fingerprint density at radius 1 is 0.900 bits per heavy atom. The predicted molar refractivity (Wildman–Crippen MR) is 155 cm³/mol. The number of likely N-dealkylation sites (tertiary alicyclic amines) is 1. The van der Waals surface area contributed by atoms with E-state index in [1.54, 1.807) is 4.90 Å². The van der Waals surface area contributed by atoms with Gasteiger partial charge in [0.25, 0.3) is 0 Å². The van der Waals surface area contributed by atoms with Crippen molar-refractivity contribution >= 4 is 6.09 Å². The lowest BCUT2D eigenvalue weighted by Crippen LogP contribution is -2.36. The molecule has 4 aromatic rings. The molecule has 206 valence electrons. The highest BCUT2D eigenvalue weighted by Gasteiger charge is 2.35. The van der Waals surface area contributed by atoms with Crippen LogP contribution in [0.25, 0.3) is 33.6 Å². The molecule has 1 amide bonds. The maximum absolute atomic E-state index is 12.8. The van der Waals surface area contributed by atoms with Crippen molar-refractivity contribution in [3.63, 3.8) is 0 Å². The van der Waals surface area contributed by atoms with Crippen molar-refractivity contribution in [2.45, 2.75) is 70.6 Å². The number of carbonyl (C=O) groups is 1. The number of fused-ring (bicyclic) bond motifs is 3. The second kappa shape index (κ2) is 9.63. The summed E-state index contributed by atoms with van der Waals surface area (Å²) in [6.07, 6.45) is 8.62. The van der Waals surface area contributed by atoms with Gasteiger partial charge in [-0.25, -0.2) is 14.8 Å². The van der Waals surface area contributed by atoms with Crippen molar-refractivity contribution in [3.05, 3.63) is 71.6 Å². The molecule has 2 aromatic carbocycles. The van der Waals surface area contributed by atoms with Gasteiger partial charge in [0.15, 0.2) is 0 Å². The van der Waals surface area contributed by atoms with Crippen LogP contribution in [0.1, 0.15) is 81.3 Å². The summed E-state index contributed by atoms with van der Waals surface area (Å²) in [5.74, 6) is 1.85. The number of aromatic nitrogens is 4. The number of hydrogen-bond acceptors (Lipinski definition) is 5. The minimum atomic E-state index is -0.518. The fourth-order valence-electron chi connectivity index (χ4n) is 6.37. The summed E-state index contributed by atoms with van der Waals surface area (Å²) in [5, 5.41) is 3.52. The molecular formula is C32H36N6O2. The molecule has 3 N–H and O–H groups in total. The number of H-pyrrole nitrogens is 2. The van der Waals surface area contributed by atoms with Crippen molar-refractivity contribution in [1.82, 2.24) is 30.2 Å². The second-order valence-electron chi connectivity index (χ2n) is 12.3. The Hall–Kier alpha value is -3.91. The molecule has 0 unspecified atom stereocenters. The number of aromatic amines is 2. The summed E-state index contributed by atoms with van der Waals surface area (Å²) in [7, 11) is 0. The lowest BCUT2D eigenvalue weighted by atomic mass is 10.0. The third-order valence-electron chi connectivity index (χ3n) is 8.28. The minimum absolute atomic E-state index is 0.0897. The van der Waals surface area contributed by atoms with E-state index in [0.29, 0.717) is 12.6 Å². The van der Waals surface area contributed by atoms with Gasteiger partial charge in [-0.05, 0) is 105 Å². The highest BCUT2D eigenvalue weighted by Crippen LogP contribution is 2.41. The molecule has 8 nitrogen and oxygen atoms in total. The first-order valence-electron chi connectivity index (χ1n) is 14.4. The maximum Gasteiger partial charge on any atom is 0.410 e. The van der Waals surface area contributed by atoms with Crippen LogP contribution in [0.4, 0.5) is 4.79 Å². The van der Waals surface area contributed by atoms with Gasteiger partial charge in [0.05, 0.1) is 35.9 Å². The van der Waals surface area contributed by atoms with Gasteiger partial charge in [0.1, 0.15) is 17.2 Å². The summed E-state index contributed by atoms with van der Waals surface area (Å²) in [6, 6.07) is 13.6. The lowest BCUT2D eigenvalue weighted by molar-refractivity contribution is 0.0218. The number of nitrogens with zero attached hydrogens (tertiary/aromatic N) is 3. The third kappa shape index (κ3) is 4.60. The van der Waals surface area contributed by atoms with E-state index in [0.717, 1.165) is 60.8 Å². The Bertz CT molecular complexity index is 1570. The first-order chi connectivity index (χ1) is 19.3. The average Bonchev–Trinajstić information content (AvgIpc) is 3.76. The molecule has 0 bridgehead atoms. The van der Waals surface area contributed by atoms with Gasteiger partial charge in [-0.2, -0.15) is 0 Å². The first-order valence-corrected chi connectivity index (χ1v) is 14.4. The van der Waals surface area contributed by atoms with Crippen LogP contribution in [-0.4, -0.2) is 49.6 Å². The first kappa shape index (κ1) is 25.1. The molecule has 2 fully saturated rings. The molecule has 2 aliphatic heterocycles. The van der Waals surface area contributed by atoms with Gasteiger partial charge in [0, 0.05) is 6.54 Å². The quantitative estimate of drug-likeness (QED) is 0.242. The summed E-state index contributed by atoms with van der Waals surface area (Å²) < 4.78 is 5.64. The highest BCUT2D eigenvalue weighted by atomic mass is 16.6. The van der Waals surface area contributed by atoms with Crippen molar-refractivity contribution in [2.75, 3.05) is 13.1 Å². The smallest absolute Gasteiger partial charge is 0.410 e. The molecule has 40 heavy (non-hydrogen) atoms. The molecule has 3 aliphatic rings. The van der Waals surface area contributed by atoms with Gasteiger partial charge in [0.2, 0.25) is 0 Å². The number of hydrogen-bond donors (Lipinski definition) is 3. The zero-order chi connectivity index (χ0) is 27.4. The molecule has 1 aliphatic carbocycles. The number of amides is 1. The maximum atomic E-state index is 12.8. The molecule has 4 heterocycles. The van der Waals surface area contributed by atoms with Crippen molar-refractivity contribution < 1.29 is 9.53 Å². The zero-order valence-electron chi connectivity index (χ0n) is 23.4. The standard InChI is InChI=1S/C32H36N6O2/c1-32(2,3)40-31(39)38-13-5-7-28(38)30-35-18-27(37-30)20-9-11-24-22(15-20)16-21-14-19(8-10-23(21)24)26-17-34-29(36-26)25-6-4-12-33-25/h8-11,14-15,17-18,25,28,33H,4-7,12-13,16H2,1-3H3,(H,34,36)(H,35,37)/t25-,28-/m0/s1. The van der Waals surface area contributed by atoms with Crippen LogP contribution in [0.15, 0.2) is 48.8 Å². The van der Waals surface area contributed by atoms with Gasteiger partial charge in [-0.1, -0.05) is 24.3 Å². The van der Waals surface area contributed by atoms with E-state index >= 15 is 0 Å².